The van der Waals surface area contributed by atoms with Crippen LogP contribution in [-0.2, 0) is 45.4 Å². The number of halogens is 7. The van der Waals surface area contributed by atoms with Gasteiger partial charge in [0.05, 0.1) is 34.6 Å². The van der Waals surface area contributed by atoms with Crippen LogP contribution in [0.1, 0.15) is 22.5 Å². The van der Waals surface area contributed by atoms with Gasteiger partial charge in [0.15, 0.2) is 11.0 Å². The van der Waals surface area contributed by atoms with E-state index in [4.69, 9.17) is 16.9 Å². The number of imidazole rings is 1. The van der Waals surface area contributed by atoms with Gasteiger partial charge in [0, 0.05) is 36.1 Å². The lowest BCUT2D eigenvalue weighted by Gasteiger charge is -2.16. The predicted octanol–water partition coefficient (Wildman–Crippen LogP) is 7.25. The van der Waals surface area contributed by atoms with Gasteiger partial charge in [-0.1, -0.05) is 40.9 Å². The summed E-state index contributed by atoms with van der Waals surface area (Å²) in [6, 6.07) is 13.0. The zero-order valence-corrected chi connectivity index (χ0v) is 27.3. The third kappa shape index (κ3) is 7.38. The highest BCUT2D eigenvalue weighted by molar-refractivity contribution is 7.99. The Morgan fingerprint density at radius 2 is 1.76 bits per heavy atom. The first-order valence-electron chi connectivity index (χ1n) is 13.6. The summed E-state index contributed by atoms with van der Waals surface area (Å²) in [4.78, 5) is 2.24. The number of anilines is 2. The van der Waals surface area contributed by atoms with E-state index in [0.717, 1.165) is 30.3 Å². The summed E-state index contributed by atoms with van der Waals surface area (Å²) in [6.07, 6.45) is -5.07. The Kier molecular flexibility index (Phi) is 10.0. The van der Waals surface area contributed by atoms with Crippen LogP contribution >= 0.6 is 23.6 Å². The van der Waals surface area contributed by atoms with Crippen LogP contribution in [0, 0.1) is 11.3 Å². The van der Waals surface area contributed by atoms with E-state index in [2.05, 4.69) is 20.7 Å². The molecule has 0 aliphatic carbocycles. The number of alkyl halides is 6. The van der Waals surface area contributed by atoms with Crippen LogP contribution in [-0.4, -0.2) is 29.8 Å². The maximum atomic E-state index is 13.7. The van der Waals surface area contributed by atoms with Crippen LogP contribution in [0.4, 0.5) is 37.7 Å². The van der Waals surface area contributed by atoms with Crippen LogP contribution in [0.3, 0.4) is 0 Å². The Morgan fingerprint density at radius 3 is 2.41 bits per heavy atom. The van der Waals surface area contributed by atoms with Crippen molar-refractivity contribution in [2.45, 2.75) is 23.8 Å². The number of hydrogen-bond acceptors (Lipinski definition) is 8. The zero-order chi connectivity index (χ0) is 35.9. The van der Waals surface area contributed by atoms with Crippen molar-refractivity contribution in [3.05, 3.63) is 100 Å². The summed E-state index contributed by atoms with van der Waals surface area (Å²) < 4.78 is 124. The van der Waals surface area contributed by atoms with Crippen molar-refractivity contribution in [3.63, 3.8) is 0 Å². The molecular formula is C30H22ClF6N4O6S2+. The Morgan fingerprint density at radius 1 is 1.04 bits per heavy atom. The Bertz CT molecular complexity index is 2180. The van der Waals surface area contributed by atoms with Crippen molar-refractivity contribution in [3.8, 4) is 11.3 Å². The standard InChI is InChI=1S/C30H21ClF6N4O6S2/c1-38-22-11-10-19(29(32,33)34)14-24(22)41(17-18-6-3-4-7-26(18)49(43,44)45)28(38)9-5-8-27-39(2)23-16-21(31)20(30(35,36)37)15-25(23)40(27)12-13-48-47-46-42/h3-11,14-16H,17H2,1-2H3,(H-,42,43,44,45)/p+1. The lowest BCUT2D eigenvalue weighted by molar-refractivity contribution is -0.647. The quantitative estimate of drug-likeness (QED) is 0.0296. The molecule has 1 aromatic heterocycles. The number of nitrogens with zero attached hydrogens (tertiary/aromatic N) is 4. The molecule has 0 atom stereocenters. The molecule has 49 heavy (non-hydrogen) atoms. The van der Waals surface area contributed by atoms with Crippen molar-refractivity contribution >= 4 is 62.2 Å². The molecule has 0 radical (unpaired) electrons. The molecule has 10 nitrogen and oxygen atoms in total. The van der Waals surface area contributed by atoms with Crippen molar-refractivity contribution in [1.29, 1.82) is 0 Å². The lowest BCUT2D eigenvalue weighted by Crippen LogP contribution is -2.31. The largest absolute Gasteiger partial charge is 0.417 e. The fourth-order valence-electron chi connectivity index (χ4n) is 5.29. The highest BCUT2D eigenvalue weighted by Crippen LogP contribution is 2.47. The molecule has 19 heteroatoms. The summed E-state index contributed by atoms with van der Waals surface area (Å²) >= 11 is 6.30. The van der Waals surface area contributed by atoms with Crippen molar-refractivity contribution in [2.24, 2.45) is 7.05 Å². The van der Waals surface area contributed by atoms with Gasteiger partial charge in [0.2, 0.25) is 0 Å². The van der Waals surface area contributed by atoms with Gasteiger partial charge in [0.1, 0.15) is 29.3 Å². The molecule has 0 amide bonds. The van der Waals surface area contributed by atoms with E-state index in [1.54, 1.807) is 11.6 Å². The first-order chi connectivity index (χ1) is 22.9. The highest BCUT2D eigenvalue weighted by Gasteiger charge is 2.38. The normalized spacial score (nSPS) is 14.6. The molecule has 2 N–H and O–H groups in total. The van der Waals surface area contributed by atoms with Crippen molar-refractivity contribution < 1.29 is 58.5 Å². The summed E-state index contributed by atoms with van der Waals surface area (Å²) in [5.41, 5.74) is -1.30. The summed E-state index contributed by atoms with van der Waals surface area (Å²) in [6.45, 7) is -0.281. The molecule has 0 spiro atoms. The summed E-state index contributed by atoms with van der Waals surface area (Å²) in [7, 11) is -1.59. The van der Waals surface area contributed by atoms with Crippen LogP contribution < -0.4 is 14.4 Å². The number of hydrogen-bond donors (Lipinski definition) is 2. The maximum Gasteiger partial charge on any atom is 0.417 e. The van der Waals surface area contributed by atoms with Crippen LogP contribution in [0.2, 0.25) is 5.02 Å². The van der Waals surface area contributed by atoms with Crippen LogP contribution in [0.25, 0.3) is 17.1 Å². The average molecular weight is 748 g/mol. The van der Waals surface area contributed by atoms with Gasteiger partial charge in [0.25, 0.3) is 15.9 Å². The molecule has 0 bridgehead atoms. The van der Waals surface area contributed by atoms with Crippen LogP contribution in [0.5, 0.6) is 0 Å². The van der Waals surface area contributed by atoms with E-state index < -0.39 is 43.5 Å². The van der Waals surface area contributed by atoms with E-state index in [1.165, 1.54) is 63.9 Å². The second kappa shape index (κ2) is 13.6. The minimum absolute atomic E-state index is 0.00180. The minimum Gasteiger partial charge on any atom is -0.328 e. The number of aromatic nitrogens is 2. The fraction of sp³-hybridized carbons (Fsp3) is 0.167. The molecule has 0 saturated carbocycles. The molecule has 258 valence electrons. The van der Waals surface area contributed by atoms with Gasteiger partial charge in [-0.3, -0.25) is 9.45 Å². The SMILES string of the molecule is CN1/C(=C\C=C\c2n(Cc3ccccc3S(=O)(=O)O)c3cc(C(F)(F)F)ccc3[n+]2C)N(C#CSOOO)c2cc(C(F)(F)F)c(Cl)cc21. The molecule has 0 fully saturated rings. The molecule has 4 aromatic rings. The molecule has 1 aliphatic heterocycles. The summed E-state index contributed by atoms with van der Waals surface area (Å²) in [5, 5.41) is 13.7. The van der Waals surface area contributed by atoms with Gasteiger partial charge in [-0.15, -0.1) is 4.33 Å². The van der Waals surface area contributed by atoms with Gasteiger partial charge in [-0.25, -0.2) is 14.4 Å². The van der Waals surface area contributed by atoms with E-state index in [1.807, 2.05) is 0 Å². The number of aryl methyl sites for hydroxylation is 1. The smallest absolute Gasteiger partial charge is 0.328 e. The topological polar surface area (TPSA) is 108 Å². The lowest BCUT2D eigenvalue weighted by atomic mass is 10.1. The number of benzene rings is 3. The number of allylic oxidation sites excluding steroid dienone is 2. The van der Waals surface area contributed by atoms with E-state index in [9.17, 15) is 39.3 Å². The Labute approximate surface area is 283 Å². The van der Waals surface area contributed by atoms with Gasteiger partial charge in [-0.2, -0.15) is 34.8 Å². The van der Waals surface area contributed by atoms with E-state index in [-0.39, 0.29) is 40.6 Å². The second-order valence-corrected chi connectivity index (χ2v) is 12.6. The first-order valence-corrected chi connectivity index (χ1v) is 16.1. The van der Waals surface area contributed by atoms with E-state index >= 15 is 0 Å². The zero-order valence-electron chi connectivity index (χ0n) is 24.9. The molecular weight excluding hydrogens is 726 g/mol. The number of rotatable bonds is 7. The first kappa shape index (κ1) is 36.1. The van der Waals surface area contributed by atoms with Crippen LogP contribution in [0.15, 0.2) is 77.5 Å². The maximum absolute atomic E-state index is 13.7. The molecule has 0 saturated heterocycles. The predicted molar refractivity (Wildman–Crippen MR) is 168 cm³/mol. The second-order valence-electron chi connectivity index (χ2n) is 10.3. The molecule has 5 rings (SSSR count). The highest BCUT2D eigenvalue weighted by atomic mass is 35.5. The third-order valence-corrected chi connectivity index (χ3v) is 9.02. The average Bonchev–Trinajstić information content (AvgIpc) is 3.42. The van der Waals surface area contributed by atoms with Gasteiger partial charge >= 0.3 is 12.4 Å². The third-order valence-electron chi connectivity index (χ3n) is 7.45. The Hall–Kier alpha value is -4.22. The molecule has 1 aliphatic rings. The molecule has 0 unspecified atom stereocenters. The fourth-order valence-corrected chi connectivity index (χ4v) is 6.46. The van der Waals surface area contributed by atoms with E-state index in [0.29, 0.717) is 17.6 Å². The Balaban J connectivity index is 1.66. The summed E-state index contributed by atoms with van der Waals surface area (Å²) in [5.74, 6) is 0.486. The molecule has 3 aromatic carbocycles. The minimum atomic E-state index is -4.79. The molecule has 2 heterocycles. The van der Waals surface area contributed by atoms with Gasteiger partial charge < -0.3 is 4.90 Å². The van der Waals surface area contributed by atoms with Crippen molar-refractivity contribution in [1.82, 2.24) is 4.57 Å². The van der Waals surface area contributed by atoms with Crippen molar-refractivity contribution in [2.75, 3.05) is 16.8 Å². The monoisotopic (exact) mass is 747 g/mol. The van der Waals surface area contributed by atoms with Gasteiger partial charge in [-0.05, 0) is 36.4 Å². The number of fused-ring (bicyclic) bond motifs is 2.